The van der Waals surface area contributed by atoms with Crippen LogP contribution < -0.4 is 10.6 Å². The predicted molar refractivity (Wildman–Crippen MR) is 89.3 cm³/mol. The summed E-state index contributed by atoms with van der Waals surface area (Å²) >= 11 is 5.91. The van der Waals surface area contributed by atoms with Crippen LogP contribution in [0.5, 0.6) is 0 Å². The molecule has 1 heterocycles. The molecular weight excluding hydrogens is 323 g/mol. The van der Waals surface area contributed by atoms with Crippen molar-refractivity contribution < 1.29 is 9.90 Å². The van der Waals surface area contributed by atoms with Crippen molar-refractivity contribution in [2.45, 2.75) is 25.4 Å². The van der Waals surface area contributed by atoms with Gasteiger partial charge in [0.25, 0.3) is 0 Å². The van der Waals surface area contributed by atoms with E-state index in [1.807, 2.05) is 6.07 Å². The number of carbonyl (C=O) groups is 1. The van der Waals surface area contributed by atoms with Crippen LogP contribution in [0.3, 0.4) is 0 Å². The first-order valence-electron chi connectivity index (χ1n) is 7.53. The fraction of sp³-hybridized carbons (Fsp3) is 0.562. The largest absolute Gasteiger partial charge is 0.387 e. The number of piperidine rings is 1. The molecule has 1 aliphatic carbocycles. The first-order chi connectivity index (χ1) is 10.1. The van der Waals surface area contributed by atoms with E-state index in [4.69, 9.17) is 11.6 Å². The molecule has 22 heavy (non-hydrogen) atoms. The molecule has 122 valence electrons. The summed E-state index contributed by atoms with van der Waals surface area (Å²) in [5, 5.41) is 16.9. The molecule has 1 spiro atoms. The number of nitrogens with one attached hydrogen (secondary N) is 2. The first-order valence-corrected chi connectivity index (χ1v) is 7.90. The predicted octanol–water partition coefficient (Wildman–Crippen LogP) is 2.30. The van der Waals surface area contributed by atoms with Crippen molar-refractivity contribution in [2.24, 2.45) is 11.3 Å². The van der Waals surface area contributed by atoms with Gasteiger partial charge in [0, 0.05) is 17.5 Å². The maximum absolute atomic E-state index is 12.2. The van der Waals surface area contributed by atoms with Gasteiger partial charge in [0.2, 0.25) is 5.91 Å². The van der Waals surface area contributed by atoms with Crippen molar-refractivity contribution in [3.8, 4) is 0 Å². The Kier molecular flexibility index (Phi) is 5.72. The Morgan fingerprint density at radius 3 is 2.86 bits per heavy atom. The molecule has 0 aromatic heterocycles. The van der Waals surface area contributed by atoms with Crippen LogP contribution in [0.25, 0.3) is 0 Å². The summed E-state index contributed by atoms with van der Waals surface area (Å²) in [5.74, 6) is 0.212. The van der Waals surface area contributed by atoms with Crippen molar-refractivity contribution in [3.63, 3.8) is 0 Å². The van der Waals surface area contributed by atoms with Crippen LogP contribution in [0.4, 0.5) is 0 Å². The Balaban J connectivity index is 0.00000176. The highest BCUT2D eigenvalue weighted by Gasteiger charge is 2.57. The van der Waals surface area contributed by atoms with Crippen LogP contribution in [-0.2, 0) is 4.79 Å². The Bertz CT molecular complexity index is 533. The standard InChI is InChI=1S/C16H21ClN2O2.ClH/c17-12-3-1-2-11(8-12)14(20)10-19-15(21)13-9-16(13)4-6-18-7-5-16;/h1-3,8,13-14,18,20H,4-7,9-10H2,(H,19,21);1H. The smallest absolute Gasteiger partial charge is 0.223 e. The quantitative estimate of drug-likeness (QED) is 0.785. The third kappa shape index (κ3) is 3.74. The van der Waals surface area contributed by atoms with Gasteiger partial charge in [0.1, 0.15) is 0 Å². The summed E-state index contributed by atoms with van der Waals surface area (Å²) in [5.41, 5.74) is 0.964. The lowest BCUT2D eigenvalue weighted by molar-refractivity contribution is -0.123. The number of rotatable bonds is 4. The highest BCUT2D eigenvalue weighted by atomic mass is 35.5. The molecule has 1 aliphatic heterocycles. The molecule has 2 unspecified atom stereocenters. The molecule has 0 bridgehead atoms. The number of benzene rings is 1. The van der Waals surface area contributed by atoms with Crippen LogP contribution in [0.1, 0.15) is 30.9 Å². The molecule has 2 aliphatic rings. The topological polar surface area (TPSA) is 61.4 Å². The maximum Gasteiger partial charge on any atom is 0.223 e. The van der Waals surface area contributed by atoms with Crippen molar-refractivity contribution in [2.75, 3.05) is 19.6 Å². The molecule has 1 amide bonds. The van der Waals surface area contributed by atoms with E-state index in [1.165, 1.54) is 0 Å². The van der Waals surface area contributed by atoms with Crippen molar-refractivity contribution in [1.82, 2.24) is 10.6 Å². The maximum atomic E-state index is 12.2. The van der Waals surface area contributed by atoms with Crippen LogP contribution in [0, 0.1) is 11.3 Å². The first kappa shape index (κ1) is 17.5. The summed E-state index contributed by atoms with van der Waals surface area (Å²) in [6.45, 7) is 2.26. The van der Waals surface area contributed by atoms with Gasteiger partial charge in [-0.3, -0.25) is 4.79 Å². The van der Waals surface area contributed by atoms with Crippen LogP contribution in [0.15, 0.2) is 24.3 Å². The SMILES string of the molecule is Cl.O=C(NCC(O)c1cccc(Cl)c1)C1CC12CCNCC2. The fourth-order valence-electron chi connectivity index (χ4n) is 3.35. The number of aliphatic hydroxyl groups is 1. The van der Waals surface area contributed by atoms with Crippen LogP contribution in [0.2, 0.25) is 5.02 Å². The van der Waals surface area contributed by atoms with E-state index >= 15 is 0 Å². The highest BCUT2D eigenvalue weighted by molar-refractivity contribution is 6.30. The summed E-state index contributed by atoms with van der Waals surface area (Å²) in [6.07, 6.45) is 2.45. The minimum Gasteiger partial charge on any atom is -0.387 e. The molecule has 1 saturated carbocycles. The highest BCUT2D eigenvalue weighted by Crippen LogP contribution is 2.58. The van der Waals surface area contributed by atoms with Crippen molar-refractivity contribution >= 4 is 29.9 Å². The molecule has 4 nitrogen and oxygen atoms in total. The van der Waals surface area contributed by atoms with E-state index in [9.17, 15) is 9.90 Å². The van der Waals surface area contributed by atoms with Gasteiger partial charge in [-0.15, -0.1) is 12.4 Å². The zero-order valence-corrected chi connectivity index (χ0v) is 13.9. The molecular formula is C16H22Cl2N2O2. The second-order valence-electron chi connectivity index (χ2n) is 6.19. The summed E-state index contributed by atoms with van der Waals surface area (Å²) in [6, 6.07) is 7.10. The molecule has 2 atom stereocenters. The van der Waals surface area contributed by atoms with Gasteiger partial charge in [0.05, 0.1) is 6.10 Å². The minimum atomic E-state index is -0.713. The van der Waals surface area contributed by atoms with E-state index in [0.29, 0.717) is 5.02 Å². The molecule has 1 saturated heterocycles. The number of carbonyl (C=O) groups excluding carboxylic acids is 1. The zero-order valence-electron chi connectivity index (χ0n) is 12.3. The van der Waals surface area contributed by atoms with Gasteiger partial charge in [-0.05, 0) is 55.5 Å². The number of hydrogen-bond donors (Lipinski definition) is 3. The molecule has 1 aromatic carbocycles. The average molecular weight is 345 g/mol. The van der Waals surface area contributed by atoms with E-state index in [0.717, 1.165) is 37.9 Å². The molecule has 1 aromatic rings. The zero-order chi connectivity index (χ0) is 14.9. The number of hydrogen-bond acceptors (Lipinski definition) is 3. The van der Waals surface area contributed by atoms with Gasteiger partial charge >= 0.3 is 0 Å². The molecule has 0 radical (unpaired) electrons. The molecule has 3 N–H and O–H groups in total. The van der Waals surface area contributed by atoms with Gasteiger partial charge < -0.3 is 15.7 Å². The molecule has 2 fully saturated rings. The monoisotopic (exact) mass is 344 g/mol. The minimum absolute atomic E-state index is 0. The Morgan fingerprint density at radius 2 is 2.18 bits per heavy atom. The Hall–Kier alpha value is -0.810. The summed E-state index contributed by atoms with van der Waals surface area (Å²) in [4.78, 5) is 12.2. The van der Waals surface area contributed by atoms with Crippen molar-refractivity contribution in [1.29, 1.82) is 0 Å². The fourth-order valence-corrected chi connectivity index (χ4v) is 3.55. The molecule has 6 heteroatoms. The lowest BCUT2D eigenvalue weighted by atomic mass is 9.92. The van der Waals surface area contributed by atoms with Gasteiger partial charge in [-0.1, -0.05) is 23.7 Å². The molecule has 3 rings (SSSR count). The van der Waals surface area contributed by atoms with E-state index in [1.54, 1.807) is 18.2 Å². The Morgan fingerprint density at radius 1 is 1.45 bits per heavy atom. The Labute approximate surface area is 142 Å². The lowest BCUT2D eigenvalue weighted by Crippen LogP contribution is -2.35. The van der Waals surface area contributed by atoms with Crippen molar-refractivity contribution in [3.05, 3.63) is 34.9 Å². The summed E-state index contributed by atoms with van der Waals surface area (Å²) in [7, 11) is 0. The van der Waals surface area contributed by atoms with E-state index in [2.05, 4.69) is 10.6 Å². The van der Waals surface area contributed by atoms with Crippen LogP contribution in [-0.4, -0.2) is 30.6 Å². The van der Waals surface area contributed by atoms with Crippen LogP contribution >= 0.6 is 24.0 Å². The average Bonchev–Trinajstić information content (AvgIpc) is 3.18. The van der Waals surface area contributed by atoms with Gasteiger partial charge in [0.15, 0.2) is 0 Å². The third-order valence-electron chi connectivity index (χ3n) is 4.81. The van der Waals surface area contributed by atoms with E-state index < -0.39 is 6.10 Å². The second-order valence-corrected chi connectivity index (χ2v) is 6.62. The number of aliphatic hydroxyl groups excluding tert-OH is 1. The number of amides is 1. The van der Waals surface area contributed by atoms with E-state index in [-0.39, 0.29) is 36.2 Å². The third-order valence-corrected chi connectivity index (χ3v) is 5.04. The normalized spacial score (nSPS) is 23.5. The number of halogens is 2. The lowest BCUT2D eigenvalue weighted by Gasteiger charge is -2.23. The van der Waals surface area contributed by atoms with Gasteiger partial charge in [-0.25, -0.2) is 0 Å². The summed E-state index contributed by atoms with van der Waals surface area (Å²) < 4.78 is 0. The second kappa shape index (κ2) is 7.18. The van der Waals surface area contributed by atoms with Gasteiger partial charge in [-0.2, -0.15) is 0 Å².